The number of nitrogens with one attached hydrogen (secondary N) is 1. The van der Waals surface area contributed by atoms with E-state index < -0.39 is 12.0 Å². The van der Waals surface area contributed by atoms with Crippen LogP contribution in [0.15, 0.2) is 28.1 Å². The van der Waals surface area contributed by atoms with E-state index in [0.717, 1.165) is 24.9 Å². The van der Waals surface area contributed by atoms with Crippen molar-refractivity contribution < 1.29 is 23.9 Å². The number of hydrogen-bond donors (Lipinski definition) is 1. The topological polar surface area (TPSA) is 88.2 Å². The quantitative estimate of drug-likeness (QED) is 0.662. The Kier molecular flexibility index (Phi) is 7.49. The molecule has 0 radical (unpaired) electrons. The summed E-state index contributed by atoms with van der Waals surface area (Å²) in [4.78, 5) is 41.4. The normalized spacial score (nSPS) is 22.6. The molecule has 164 valence electrons. The number of ether oxygens (including phenoxy) is 2. The molecule has 2 atom stereocenters. The third-order valence-corrected chi connectivity index (χ3v) is 6.15. The van der Waals surface area contributed by atoms with Gasteiger partial charge in [-0.2, -0.15) is 11.3 Å². The van der Waals surface area contributed by atoms with Crippen molar-refractivity contribution >= 4 is 29.3 Å². The fourth-order valence-electron chi connectivity index (χ4n) is 3.95. The van der Waals surface area contributed by atoms with Crippen LogP contribution in [0.25, 0.3) is 0 Å². The minimum Gasteiger partial charge on any atom is -0.466 e. The molecule has 9 heteroatoms. The van der Waals surface area contributed by atoms with E-state index in [0.29, 0.717) is 31.0 Å². The second-order valence-corrected chi connectivity index (χ2v) is 8.19. The first kappa shape index (κ1) is 22.3. The summed E-state index contributed by atoms with van der Waals surface area (Å²) < 4.78 is 10.5. The molecular weight excluding hydrogens is 406 g/mol. The SMILES string of the molecule is CCOC(=O)C1=C(CN2CCC[C@@H](C(=O)OCC)C2)N(C)C(=O)N[C@@H]1c1ccsc1. The fourth-order valence-corrected chi connectivity index (χ4v) is 4.64. The number of piperidine rings is 1. The molecule has 0 aliphatic carbocycles. The lowest BCUT2D eigenvalue weighted by molar-refractivity contribution is -0.150. The number of amides is 2. The lowest BCUT2D eigenvalue weighted by Crippen LogP contribution is -2.50. The third kappa shape index (κ3) is 4.84. The Bertz CT molecular complexity index is 808. The minimum absolute atomic E-state index is 0.187. The van der Waals surface area contributed by atoms with Gasteiger partial charge in [0.2, 0.25) is 0 Å². The van der Waals surface area contributed by atoms with Gasteiger partial charge in [0.25, 0.3) is 0 Å². The van der Waals surface area contributed by atoms with Gasteiger partial charge in [-0.15, -0.1) is 0 Å². The molecule has 30 heavy (non-hydrogen) atoms. The van der Waals surface area contributed by atoms with Crippen LogP contribution < -0.4 is 5.32 Å². The summed E-state index contributed by atoms with van der Waals surface area (Å²) in [7, 11) is 1.65. The van der Waals surface area contributed by atoms with E-state index in [9.17, 15) is 14.4 Å². The van der Waals surface area contributed by atoms with Crippen LogP contribution in [0.4, 0.5) is 4.79 Å². The van der Waals surface area contributed by atoms with Gasteiger partial charge in [-0.1, -0.05) is 0 Å². The number of likely N-dealkylation sites (N-methyl/N-ethyl adjacent to an activating group) is 1. The van der Waals surface area contributed by atoms with Gasteiger partial charge in [0.05, 0.1) is 30.7 Å². The van der Waals surface area contributed by atoms with Gasteiger partial charge < -0.3 is 14.8 Å². The molecule has 0 bridgehead atoms. The summed E-state index contributed by atoms with van der Waals surface area (Å²) in [5.41, 5.74) is 1.90. The maximum absolute atomic E-state index is 12.9. The molecule has 2 aliphatic heterocycles. The standard InChI is InChI=1S/C21H29N3O5S/c1-4-28-19(25)14-7-6-9-24(11-14)12-16-17(20(26)29-5-2)18(15-8-10-30-13-15)22-21(27)23(16)3/h8,10,13-14,18H,4-7,9,11-12H2,1-3H3,(H,22,27)/t14-,18-/m1/s1. The van der Waals surface area contributed by atoms with E-state index in [4.69, 9.17) is 9.47 Å². The van der Waals surface area contributed by atoms with Crippen LogP contribution in [0, 0.1) is 5.92 Å². The van der Waals surface area contributed by atoms with Gasteiger partial charge in [0.15, 0.2) is 0 Å². The first-order valence-corrected chi connectivity index (χ1v) is 11.3. The molecule has 0 unspecified atom stereocenters. The number of hydrogen-bond acceptors (Lipinski definition) is 7. The Morgan fingerprint density at radius 3 is 2.70 bits per heavy atom. The highest BCUT2D eigenvalue weighted by molar-refractivity contribution is 7.08. The van der Waals surface area contributed by atoms with Crippen LogP contribution >= 0.6 is 11.3 Å². The van der Waals surface area contributed by atoms with Crippen molar-refractivity contribution in [2.24, 2.45) is 5.92 Å². The zero-order valence-electron chi connectivity index (χ0n) is 17.7. The van der Waals surface area contributed by atoms with Gasteiger partial charge in [0.1, 0.15) is 0 Å². The predicted molar refractivity (Wildman–Crippen MR) is 113 cm³/mol. The lowest BCUT2D eigenvalue weighted by Gasteiger charge is -2.38. The largest absolute Gasteiger partial charge is 0.466 e. The van der Waals surface area contributed by atoms with Gasteiger partial charge in [-0.25, -0.2) is 9.59 Å². The first-order valence-electron chi connectivity index (χ1n) is 10.3. The molecule has 1 N–H and O–H groups in total. The van der Waals surface area contributed by atoms with Gasteiger partial charge >= 0.3 is 18.0 Å². The maximum atomic E-state index is 12.9. The summed E-state index contributed by atoms with van der Waals surface area (Å²) in [6.45, 7) is 5.88. The molecule has 3 heterocycles. The lowest BCUT2D eigenvalue weighted by atomic mass is 9.94. The second-order valence-electron chi connectivity index (χ2n) is 7.41. The molecule has 2 amide bonds. The highest BCUT2D eigenvalue weighted by Crippen LogP contribution is 2.33. The average molecular weight is 436 g/mol. The van der Waals surface area contributed by atoms with Crippen molar-refractivity contribution in [3.63, 3.8) is 0 Å². The number of carbonyl (C=O) groups is 3. The molecule has 1 aromatic heterocycles. The van der Waals surface area contributed by atoms with E-state index in [1.54, 1.807) is 20.9 Å². The van der Waals surface area contributed by atoms with Crippen molar-refractivity contribution in [1.29, 1.82) is 0 Å². The highest BCUT2D eigenvalue weighted by Gasteiger charge is 2.38. The summed E-state index contributed by atoms with van der Waals surface area (Å²) in [6, 6.07) is 1.07. The van der Waals surface area contributed by atoms with Crippen molar-refractivity contribution in [3.8, 4) is 0 Å². The van der Waals surface area contributed by atoms with Crippen LogP contribution in [0.3, 0.4) is 0 Å². The first-order chi connectivity index (χ1) is 14.5. The van der Waals surface area contributed by atoms with E-state index in [-0.39, 0.29) is 24.5 Å². The van der Waals surface area contributed by atoms with Crippen LogP contribution in [0.5, 0.6) is 0 Å². The van der Waals surface area contributed by atoms with Crippen LogP contribution in [-0.2, 0) is 19.1 Å². The Morgan fingerprint density at radius 1 is 1.27 bits per heavy atom. The van der Waals surface area contributed by atoms with Crippen molar-refractivity contribution in [2.75, 3.05) is 39.9 Å². The third-order valence-electron chi connectivity index (χ3n) is 5.45. The molecule has 1 fully saturated rings. The number of rotatable bonds is 7. The Morgan fingerprint density at radius 2 is 2.03 bits per heavy atom. The van der Waals surface area contributed by atoms with Crippen LogP contribution in [0.1, 0.15) is 38.3 Å². The molecule has 0 saturated carbocycles. The molecule has 1 aromatic rings. The average Bonchev–Trinajstić information content (AvgIpc) is 3.26. The zero-order chi connectivity index (χ0) is 21.7. The van der Waals surface area contributed by atoms with E-state index in [1.807, 2.05) is 16.8 Å². The van der Waals surface area contributed by atoms with E-state index in [2.05, 4.69) is 10.2 Å². The second kappa shape index (κ2) is 10.1. The van der Waals surface area contributed by atoms with Gasteiger partial charge in [-0.3, -0.25) is 14.6 Å². The summed E-state index contributed by atoms with van der Waals surface area (Å²) in [5.74, 6) is -0.817. The van der Waals surface area contributed by atoms with Crippen LogP contribution in [0.2, 0.25) is 0 Å². The molecule has 3 rings (SSSR count). The van der Waals surface area contributed by atoms with Crippen LogP contribution in [-0.4, -0.2) is 67.7 Å². The highest BCUT2D eigenvalue weighted by atomic mass is 32.1. The summed E-state index contributed by atoms with van der Waals surface area (Å²) in [6.07, 6.45) is 1.64. The van der Waals surface area contributed by atoms with Gasteiger partial charge in [0, 0.05) is 25.8 Å². The molecule has 0 aromatic carbocycles. The Labute approximate surface area is 180 Å². The number of esters is 2. The van der Waals surface area contributed by atoms with E-state index in [1.165, 1.54) is 16.2 Å². The number of nitrogens with zero attached hydrogens (tertiary/aromatic N) is 2. The van der Waals surface area contributed by atoms with Crippen molar-refractivity contribution in [2.45, 2.75) is 32.7 Å². The van der Waals surface area contributed by atoms with Crippen molar-refractivity contribution in [3.05, 3.63) is 33.7 Å². The maximum Gasteiger partial charge on any atom is 0.338 e. The smallest absolute Gasteiger partial charge is 0.338 e. The number of thiophene rings is 1. The Balaban J connectivity index is 1.92. The fraction of sp³-hybridized carbons (Fsp3) is 0.571. The number of likely N-dealkylation sites (tertiary alicyclic amines) is 1. The number of carbonyl (C=O) groups excluding carboxylic acids is 3. The van der Waals surface area contributed by atoms with Crippen molar-refractivity contribution in [1.82, 2.24) is 15.1 Å². The summed E-state index contributed by atoms with van der Waals surface area (Å²) >= 11 is 1.51. The zero-order valence-corrected chi connectivity index (χ0v) is 18.5. The molecule has 1 saturated heterocycles. The molecule has 8 nitrogen and oxygen atoms in total. The number of urea groups is 1. The molecular formula is C21H29N3O5S. The summed E-state index contributed by atoms with van der Waals surface area (Å²) in [5, 5.41) is 6.75. The van der Waals surface area contributed by atoms with E-state index >= 15 is 0 Å². The monoisotopic (exact) mass is 435 g/mol. The Hall–Kier alpha value is -2.39. The molecule has 0 spiro atoms. The predicted octanol–water partition coefficient (Wildman–Crippen LogP) is 2.54. The van der Waals surface area contributed by atoms with Gasteiger partial charge in [-0.05, 0) is 55.6 Å². The molecule has 2 aliphatic rings. The minimum atomic E-state index is -0.556.